The van der Waals surface area contributed by atoms with Crippen molar-refractivity contribution in [2.75, 3.05) is 0 Å². The molecule has 0 saturated heterocycles. The third kappa shape index (κ3) is 1.56. The minimum Gasteiger partial charge on any atom is -0.392 e. The average Bonchev–Trinajstić information content (AvgIpc) is 2.59. The van der Waals surface area contributed by atoms with Gasteiger partial charge in [-0.3, -0.25) is 0 Å². The predicted octanol–water partition coefficient (Wildman–Crippen LogP) is 3.92. The maximum atomic E-state index is 9.09. The van der Waals surface area contributed by atoms with E-state index < -0.39 is 0 Å². The minimum absolute atomic E-state index is 0.0605. The van der Waals surface area contributed by atoms with E-state index >= 15 is 0 Å². The van der Waals surface area contributed by atoms with Crippen molar-refractivity contribution in [3.8, 4) is 0 Å². The van der Waals surface area contributed by atoms with Crippen LogP contribution in [0.2, 0.25) is 0 Å². The van der Waals surface area contributed by atoms with E-state index in [4.69, 9.17) is 5.11 Å². The van der Waals surface area contributed by atoms with E-state index in [9.17, 15) is 0 Å². The van der Waals surface area contributed by atoms with Gasteiger partial charge < -0.3 is 5.11 Å². The summed E-state index contributed by atoms with van der Waals surface area (Å²) in [5.74, 6) is 0. The van der Waals surface area contributed by atoms with Crippen LogP contribution in [0.4, 0.5) is 0 Å². The first-order valence-corrected chi connectivity index (χ1v) is 6.15. The van der Waals surface area contributed by atoms with Gasteiger partial charge in [0.1, 0.15) is 0 Å². The second-order valence-corrected chi connectivity index (χ2v) is 5.16. The Labute approximate surface area is 96.6 Å². The Morgan fingerprint density at radius 2 is 2.08 bits per heavy atom. The molecule has 1 heterocycles. The quantitative estimate of drug-likeness (QED) is 0.844. The van der Waals surface area contributed by atoms with E-state index in [1.807, 2.05) is 11.4 Å². The van der Waals surface area contributed by atoms with E-state index in [2.05, 4.69) is 37.9 Å². The number of thiophene rings is 1. The first-order chi connectivity index (χ1) is 6.24. The average molecular weight is 322 g/mol. The van der Waals surface area contributed by atoms with Crippen LogP contribution in [0, 0.1) is 0 Å². The van der Waals surface area contributed by atoms with Gasteiger partial charge in [0.2, 0.25) is 0 Å². The Morgan fingerprint density at radius 1 is 1.31 bits per heavy atom. The van der Waals surface area contributed by atoms with E-state index in [0.29, 0.717) is 0 Å². The van der Waals surface area contributed by atoms with Gasteiger partial charge >= 0.3 is 0 Å². The van der Waals surface area contributed by atoms with Gasteiger partial charge in [0.05, 0.1) is 6.61 Å². The summed E-state index contributed by atoms with van der Waals surface area (Å²) in [4.78, 5) is 0. The molecule has 0 aliphatic rings. The predicted molar refractivity (Wildman–Crippen MR) is 63.1 cm³/mol. The highest BCUT2D eigenvalue weighted by atomic mass is 79.9. The van der Waals surface area contributed by atoms with Gasteiger partial charge in [0.25, 0.3) is 0 Å². The lowest BCUT2D eigenvalue weighted by atomic mass is 10.2. The molecule has 4 heteroatoms. The Bertz CT molecular complexity index is 450. The summed E-state index contributed by atoms with van der Waals surface area (Å²) < 4.78 is 3.19. The van der Waals surface area contributed by atoms with Crippen LogP contribution in [0.15, 0.2) is 26.5 Å². The molecule has 0 aliphatic heterocycles. The van der Waals surface area contributed by atoms with Crippen molar-refractivity contribution in [2.24, 2.45) is 0 Å². The Kier molecular flexibility index (Phi) is 2.74. The van der Waals surface area contributed by atoms with Crippen LogP contribution < -0.4 is 0 Å². The number of aliphatic hydroxyl groups is 1. The topological polar surface area (TPSA) is 20.2 Å². The molecule has 0 bridgehead atoms. The van der Waals surface area contributed by atoms with Gasteiger partial charge in [-0.05, 0) is 60.3 Å². The fourth-order valence-electron chi connectivity index (χ4n) is 1.22. The molecule has 1 N–H and O–H groups in total. The molecule has 0 aliphatic carbocycles. The van der Waals surface area contributed by atoms with Crippen LogP contribution in [-0.4, -0.2) is 5.11 Å². The number of fused-ring (bicyclic) bond motifs is 1. The van der Waals surface area contributed by atoms with Crippen LogP contribution in [0.3, 0.4) is 0 Å². The van der Waals surface area contributed by atoms with E-state index in [0.717, 1.165) is 14.5 Å². The molecule has 1 nitrogen and oxygen atoms in total. The zero-order chi connectivity index (χ0) is 9.42. The number of hydrogen-bond acceptors (Lipinski definition) is 2. The number of halogens is 2. The number of benzene rings is 1. The van der Waals surface area contributed by atoms with E-state index in [1.54, 1.807) is 11.3 Å². The summed E-state index contributed by atoms with van der Waals surface area (Å²) in [6.07, 6.45) is 0. The van der Waals surface area contributed by atoms with Crippen LogP contribution in [0.5, 0.6) is 0 Å². The first kappa shape index (κ1) is 9.65. The zero-order valence-electron chi connectivity index (χ0n) is 6.55. The fourth-order valence-corrected chi connectivity index (χ4v) is 3.37. The summed E-state index contributed by atoms with van der Waals surface area (Å²) in [5.41, 5.74) is 0.915. The standard InChI is InChI=1S/C9H6Br2OS/c10-7-6(4-12)3-5-1-2-13-9(5)8(7)11/h1-3,12H,4H2. The molecule has 0 radical (unpaired) electrons. The van der Waals surface area contributed by atoms with Gasteiger partial charge in [0, 0.05) is 13.6 Å². The Morgan fingerprint density at radius 3 is 2.77 bits per heavy atom. The lowest BCUT2D eigenvalue weighted by molar-refractivity contribution is 0.281. The summed E-state index contributed by atoms with van der Waals surface area (Å²) >= 11 is 8.64. The molecule has 0 fully saturated rings. The SMILES string of the molecule is OCc1cc2ccsc2c(Br)c1Br. The maximum absolute atomic E-state index is 9.09. The molecule has 0 saturated carbocycles. The van der Waals surface area contributed by atoms with Gasteiger partial charge in [-0.15, -0.1) is 11.3 Å². The highest BCUT2D eigenvalue weighted by Gasteiger charge is 2.09. The van der Waals surface area contributed by atoms with Crippen molar-refractivity contribution in [1.29, 1.82) is 0 Å². The summed E-state index contributed by atoms with van der Waals surface area (Å²) in [5, 5.41) is 12.3. The third-order valence-electron chi connectivity index (χ3n) is 1.87. The molecule has 1 aromatic heterocycles. The van der Waals surface area contributed by atoms with Gasteiger partial charge in [-0.1, -0.05) is 0 Å². The number of rotatable bonds is 1. The number of aliphatic hydroxyl groups excluding tert-OH is 1. The monoisotopic (exact) mass is 320 g/mol. The lowest BCUT2D eigenvalue weighted by Gasteiger charge is -2.04. The van der Waals surface area contributed by atoms with Crippen LogP contribution in [0.25, 0.3) is 10.1 Å². The molecule has 1 aromatic carbocycles. The zero-order valence-corrected chi connectivity index (χ0v) is 10.5. The second-order valence-electron chi connectivity index (χ2n) is 2.66. The minimum atomic E-state index is 0.0605. The molecule has 0 amide bonds. The summed E-state index contributed by atoms with van der Waals surface area (Å²) in [6.45, 7) is 0.0605. The molecule has 68 valence electrons. The van der Waals surface area contributed by atoms with Crippen LogP contribution >= 0.6 is 43.2 Å². The Balaban J connectivity index is 2.83. The Hall–Kier alpha value is 0.1000. The van der Waals surface area contributed by atoms with Crippen molar-refractivity contribution in [3.05, 3.63) is 32.0 Å². The van der Waals surface area contributed by atoms with Crippen molar-refractivity contribution in [2.45, 2.75) is 6.61 Å². The van der Waals surface area contributed by atoms with Crippen LogP contribution in [-0.2, 0) is 6.61 Å². The van der Waals surface area contributed by atoms with Crippen molar-refractivity contribution in [3.63, 3.8) is 0 Å². The highest BCUT2D eigenvalue weighted by molar-refractivity contribution is 9.13. The molecule has 2 aromatic rings. The smallest absolute Gasteiger partial charge is 0.0693 e. The second kappa shape index (κ2) is 3.69. The van der Waals surface area contributed by atoms with Gasteiger partial charge in [0.15, 0.2) is 0 Å². The maximum Gasteiger partial charge on any atom is 0.0693 e. The molecule has 13 heavy (non-hydrogen) atoms. The molecule has 0 atom stereocenters. The molecular formula is C9H6Br2OS. The van der Waals surface area contributed by atoms with Crippen molar-refractivity contribution >= 4 is 53.3 Å². The first-order valence-electron chi connectivity index (χ1n) is 3.69. The van der Waals surface area contributed by atoms with Gasteiger partial charge in [-0.2, -0.15) is 0 Å². The summed E-state index contributed by atoms with van der Waals surface area (Å²) in [7, 11) is 0. The molecular weight excluding hydrogens is 316 g/mol. The van der Waals surface area contributed by atoms with Crippen molar-refractivity contribution < 1.29 is 5.11 Å². The fraction of sp³-hybridized carbons (Fsp3) is 0.111. The van der Waals surface area contributed by atoms with Gasteiger partial charge in [-0.25, -0.2) is 0 Å². The summed E-state index contributed by atoms with van der Waals surface area (Å²) in [6, 6.07) is 4.05. The molecule has 0 unspecified atom stereocenters. The van der Waals surface area contributed by atoms with E-state index in [-0.39, 0.29) is 6.61 Å². The third-order valence-corrected chi connectivity index (χ3v) is 5.31. The number of hydrogen-bond donors (Lipinski definition) is 1. The lowest BCUT2D eigenvalue weighted by Crippen LogP contribution is -1.85. The van der Waals surface area contributed by atoms with Crippen molar-refractivity contribution in [1.82, 2.24) is 0 Å². The molecule has 2 rings (SSSR count). The van der Waals surface area contributed by atoms with E-state index in [1.165, 1.54) is 10.1 Å². The molecule has 0 spiro atoms. The largest absolute Gasteiger partial charge is 0.392 e. The van der Waals surface area contributed by atoms with Crippen LogP contribution in [0.1, 0.15) is 5.56 Å². The normalized spacial score (nSPS) is 11.0. The highest BCUT2D eigenvalue weighted by Crippen LogP contribution is 2.37.